The van der Waals surface area contributed by atoms with E-state index in [-0.39, 0.29) is 35.1 Å². The van der Waals surface area contributed by atoms with Crippen molar-refractivity contribution in [3.63, 3.8) is 0 Å². The van der Waals surface area contributed by atoms with Gasteiger partial charge in [0.25, 0.3) is 11.5 Å². The topological polar surface area (TPSA) is 123 Å². The summed E-state index contributed by atoms with van der Waals surface area (Å²) in [4.78, 5) is 56.3. The predicted molar refractivity (Wildman–Crippen MR) is 180 cm³/mol. The fourth-order valence-electron chi connectivity index (χ4n) is 8.38. The number of ether oxygens (including phenoxy) is 3. The van der Waals surface area contributed by atoms with Crippen LogP contribution in [0.25, 0.3) is 11.1 Å². The van der Waals surface area contributed by atoms with Gasteiger partial charge >= 0.3 is 0 Å². The summed E-state index contributed by atoms with van der Waals surface area (Å²) < 4.78 is 19.1. The maximum atomic E-state index is 13.1. The first-order valence-corrected chi connectivity index (χ1v) is 17.0. The highest BCUT2D eigenvalue weighted by Crippen LogP contribution is 2.45. The fourth-order valence-corrected chi connectivity index (χ4v) is 8.38. The molecule has 0 bridgehead atoms. The third kappa shape index (κ3) is 5.37. The van der Waals surface area contributed by atoms with E-state index in [9.17, 15) is 19.2 Å². The molecule has 1 spiro atoms. The number of pyridine rings is 1. The van der Waals surface area contributed by atoms with Crippen molar-refractivity contribution in [2.75, 3.05) is 45.3 Å². The molecule has 8 rings (SSSR count). The highest BCUT2D eigenvalue weighted by atomic mass is 16.5. The standard InChI is InChI=1S/C37H41N5O7/c1-39-16-26(28-18-49-19-29(28)35(39)45)22-13-31(47-2)27(32(14-22)48-3)17-40-10-8-37(9-11-40)20-41(21-37)24-4-5-25-23(12-24)15-42(36(25)46)30-6-7-33(43)38-34(30)44/h4-5,12-14,16,30H,6-11,15,17-21H2,1-3H3,(H,38,43,44). The largest absolute Gasteiger partial charge is 0.496 e. The highest BCUT2D eigenvalue weighted by molar-refractivity contribution is 6.05. The molecule has 1 atom stereocenters. The summed E-state index contributed by atoms with van der Waals surface area (Å²) in [6, 6.07) is 9.48. The molecule has 1 aromatic heterocycles. The number of likely N-dealkylation sites (tertiary alicyclic amines) is 1. The Balaban J connectivity index is 0.918. The van der Waals surface area contributed by atoms with Crippen molar-refractivity contribution in [3.05, 3.63) is 74.7 Å². The molecule has 1 N–H and O–H groups in total. The number of piperidine rings is 2. The lowest BCUT2D eigenvalue weighted by atomic mass is 9.71. The summed E-state index contributed by atoms with van der Waals surface area (Å²) in [6.07, 6.45) is 4.65. The molecule has 3 saturated heterocycles. The Kier molecular flexibility index (Phi) is 7.75. The highest BCUT2D eigenvalue weighted by Gasteiger charge is 2.46. The van der Waals surface area contributed by atoms with E-state index in [4.69, 9.17) is 14.2 Å². The third-order valence-electron chi connectivity index (χ3n) is 11.2. The quantitative estimate of drug-likeness (QED) is 0.379. The fraction of sp³-hybridized carbons (Fsp3) is 0.459. The normalized spacial score (nSPS) is 21.4. The Morgan fingerprint density at radius 2 is 1.65 bits per heavy atom. The molecule has 5 aliphatic heterocycles. The second-order valence-electron chi connectivity index (χ2n) is 14.1. The number of rotatable bonds is 7. The minimum Gasteiger partial charge on any atom is -0.496 e. The van der Waals surface area contributed by atoms with Gasteiger partial charge in [-0.15, -0.1) is 0 Å². The second kappa shape index (κ2) is 12.0. The SMILES string of the molecule is COc1cc(-c2cn(C)c(=O)c3c2COC3)cc(OC)c1CN1CCC2(CC1)CN(c1ccc3c(c1)CN(C1CCC(=O)NC1=O)C3=O)C2. The van der Waals surface area contributed by atoms with Crippen molar-refractivity contribution in [1.82, 2.24) is 19.7 Å². The number of nitrogens with zero attached hydrogens (tertiary/aromatic N) is 4. The van der Waals surface area contributed by atoms with Crippen LogP contribution in [-0.2, 0) is 47.7 Å². The van der Waals surface area contributed by atoms with Crippen molar-refractivity contribution in [1.29, 1.82) is 0 Å². The van der Waals surface area contributed by atoms with Crippen LogP contribution in [0.2, 0.25) is 0 Å². The van der Waals surface area contributed by atoms with Crippen molar-refractivity contribution in [2.24, 2.45) is 12.5 Å². The Morgan fingerprint density at radius 3 is 2.35 bits per heavy atom. The minimum atomic E-state index is -0.604. The molecule has 12 heteroatoms. The van der Waals surface area contributed by atoms with E-state index in [1.54, 1.807) is 30.7 Å². The number of anilines is 1. The van der Waals surface area contributed by atoms with Gasteiger partial charge in [0.2, 0.25) is 11.8 Å². The third-order valence-corrected chi connectivity index (χ3v) is 11.2. The number of hydrogen-bond acceptors (Lipinski definition) is 9. The molecule has 6 heterocycles. The van der Waals surface area contributed by atoms with Gasteiger partial charge in [-0.25, -0.2) is 0 Å². The predicted octanol–water partition coefficient (Wildman–Crippen LogP) is 2.96. The van der Waals surface area contributed by atoms with Crippen molar-refractivity contribution >= 4 is 23.4 Å². The number of nitrogens with one attached hydrogen (secondary N) is 1. The monoisotopic (exact) mass is 667 g/mol. The number of benzene rings is 2. The summed E-state index contributed by atoms with van der Waals surface area (Å²) in [5.74, 6) is 0.713. The Morgan fingerprint density at radius 1 is 0.939 bits per heavy atom. The zero-order chi connectivity index (χ0) is 34.0. The molecule has 3 fully saturated rings. The molecule has 49 heavy (non-hydrogen) atoms. The van der Waals surface area contributed by atoms with E-state index in [2.05, 4.69) is 21.2 Å². The molecule has 5 aliphatic rings. The van der Waals surface area contributed by atoms with Gasteiger partial charge < -0.3 is 28.6 Å². The Labute approximate surface area is 284 Å². The number of aryl methyl sites for hydroxylation is 1. The van der Waals surface area contributed by atoms with Crippen LogP contribution in [0.1, 0.15) is 58.3 Å². The minimum absolute atomic E-state index is 0.0219. The van der Waals surface area contributed by atoms with E-state index in [1.807, 2.05) is 30.5 Å². The Bertz CT molecular complexity index is 1910. The molecule has 12 nitrogen and oxygen atoms in total. The van der Waals surface area contributed by atoms with Gasteiger partial charge in [0.05, 0.1) is 33.0 Å². The van der Waals surface area contributed by atoms with Crippen LogP contribution >= 0.6 is 0 Å². The van der Waals surface area contributed by atoms with Gasteiger partial charge in [0, 0.05) is 73.6 Å². The molecular formula is C37H41N5O7. The number of carbonyl (C=O) groups excluding carboxylic acids is 3. The number of methoxy groups -OCH3 is 2. The maximum Gasteiger partial charge on any atom is 0.256 e. The van der Waals surface area contributed by atoms with Crippen LogP contribution in [0, 0.1) is 5.41 Å². The average molecular weight is 668 g/mol. The average Bonchev–Trinajstić information content (AvgIpc) is 3.71. The van der Waals surface area contributed by atoms with E-state index in [0.29, 0.717) is 43.9 Å². The van der Waals surface area contributed by atoms with E-state index in [0.717, 1.165) is 84.0 Å². The number of carbonyl (C=O) groups is 3. The molecule has 256 valence electrons. The Hall–Kier alpha value is -4.68. The van der Waals surface area contributed by atoms with Crippen LogP contribution in [0.5, 0.6) is 11.5 Å². The lowest BCUT2D eigenvalue weighted by Gasteiger charge is -2.55. The lowest BCUT2D eigenvalue weighted by molar-refractivity contribution is -0.136. The number of imide groups is 1. The van der Waals surface area contributed by atoms with Crippen molar-refractivity contribution < 1.29 is 28.6 Å². The number of hydrogen-bond donors (Lipinski definition) is 1. The number of amides is 3. The molecule has 2 aromatic carbocycles. The number of fused-ring (bicyclic) bond motifs is 2. The van der Waals surface area contributed by atoms with Crippen LogP contribution in [0.15, 0.2) is 41.3 Å². The van der Waals surface area contributed by atoms with Crippen LogP contribution in [-0.4, -0.2) is 78.5 Å². The zero-order valence-electron chi connectivity index (χ0n) is 28.2. The molecule has 3 amide bonds. The van der Waals surface area contributed by atoms with Gasteiger partial charge in [0.15, 0.2) is 0 Å². The summed E-state index contributed by atoms with van der Waals surface area (Å²) in [7, 11) is 5.14. The first kappa shape index (κ1) is 31.6. The van der Waals surface area contributed by atoms with Crippen LogP contribution in [0.4, 0.5) is 5.69 Å². The molecule has 3 aromatic rings. The first-order chi connectivity index (χ1) is 23.7. The molecule has 0 radical (unpaired) electrons. The molecular weight excluding hydrogens is 626 g/mol. The summed E-state index contributed by atoms with van der Waals surface area (Å²) in [6.45, 7) is 5.71. The van der Waals surface area contributed by atoms with Crippen LogP contribution < -0.4 is 25.2 Å². The van der Waals surface area contributed by atoms with Gasteiger partial charge in [-0.05, 0) is 79.4 Å². The van der Waals surface area contributed by atoms with Gasteiger partial charge in [-0.3, -0.25) is 29.4 Å². The first-order valence-electron chi connectivity index (χ1n) is 17.0. The van der Waals surface area contributed by atoms with E-state index in [1.165, 1.54) is 0 Å². The van der Waals surface area contributed by atoms with Crippen LogP contribution in [0.3, 0.4) is 0 Å². The van der Waals surface area contributed by atoms with Gasteiger partial charge in [-0.2, -0.15) is 0 Å². The zero-order valence-corrected chi connectivity index (χ0v) is 28.2. The van der Waals surface area contributed by atoms with E-state index < -0.39 is 6.04 Å². The number of aromatic nitrogens is 1. The summed E-state index contributed by atoms with van der Waals surface area (Å²) in [5, 5.41) is 2.37. The molecule has 0 saturated carbocycles. The van der Waals surface area contributed by atoms with Crippen molar-refractivity contribution in [2.45, 2.75) is 58.0 Å². The van der Waals surface area contributed by atoms with Crippen molar-refractivity contribution in [3.8, 4) is 22.6 Å². The smallest absolute Gasteiger partial charge is 0.256 e. The maximum absolute atomic E-state index is 13.1. The summed E-state index contributed by atoms with van der Waals surface area (Å²) >= 11 is 0. The summed E-state index contributed by atoms with van der Waals surface area (Å²) in [5.41, 5.74) is 7.45. The molecule has 1 unspecified atom stereocenters. The molecule has 0 aliphatic carbocycles. The van der Waals surface area contributed by atoms with Gasteiger partial charge in [0.1, 0.15) is 17.5 Å². The second-order valence-corrected chi connectivity index (χ2v) is 14.1. The lowest BCUT2D eigenvalue weighted by Crippen LogP contribution is -2.60. The van der Waals surface area contributed by atoms with E-state index >= 15 is 0 Å². The van der Waals surface area contributed by atoms with Gasteiger partial charge in [-0.1, -0.05) is 0 Å².